The zero-order valence-corrected chi connectivity index (χ0v) is 21.0. The van der Waals surface area contributed by atoms with Crippen LogP contribution in [0.5, 0.6) is 0 Å². The number of anilines is 1. The standard InChI is InChI=1S/C28H33N5O3/c1-28(2,3)27(36)32-23(19-8-5-4-6-9-19)26(35)33-15-7-10-22(33)25(34)31-17-18-11-12-21-20(16-18)13-14-30-24(21)29/h4-6,8-9,11-14,16,22-23H,7,10,15,17H2,1-3H3,(H2,29,30)(H,31,34)(H,32,36)/t22-,23?/m0/s1. The van der Waals surface area contributed by atoms with E-state index in [1.165, 1.54) is 0 Å². The van der Waals surface area contributed by atoms with Crippen molar-refractivity contribution in [1.82, 2.24) is 20.5 Å². The number of hydrogen-bond acceptors (Lipinski definition) is 5. The number of carbonyl (C=O) groups is 3. The molecule has 4 N–H and O–H groups in total. The van der Waals surface area contributed by atoms with Gasteiger partial charge in [0.05, 0.1) is 0 Å². The number of amides is 3. The second kappa shape index (κ2) is 10.4. The Morgan fingerprint density at radius 1 is 1.11 bits per heavy atom. The number of nitrogens with one attached hydrogen (secondary N) is 2. The van der Waals surface area contributed by atoms with E-state index in [2.05, 4.69) is 15.6 Å². The van der Waals surface area contributed by atoms with Crippen molar-refractivity contribution in [2.45, 2.75) is 52.2 Å². The van der Waals surface area contributed by atoms with Gasteiger partial charge in [0, 0.05) is 30.1 Å². The lowest BCUT2D eigenvalue weighted by Gasteiger charge is -2.30. The zero-order chi connectivity index (χ0) is 25.9. The van der Waals surface area contributed by atoms with Gasteiger partial charge in [0.2, 0.25) is 17.7 Å². The molecule has 1 fully saturated rings. The molecule has 4 rings (SSSR count). The van der Waals surface area contributed by atoms with Crippen molar-refractivity contribution in [3.8, 4) is 0 Å². The van der Waals surface area contributed by atoms with Crippen molar-refractivity contribution in [1.29, 1.82) is 0 Å². The van der Waals surface area contributed by atoms with Crippen molar-refractivity contribution in [3.63, 3.8) is 0 Å². The summed E-state index contributed by atoms with van der Waals surface area (Å²) >= 11 is 0. The van der Waals surface area contributed by atoms with Crippen LogP contribution in [0.2, 0.25) is 0 Å². The predicted octanol–water partition coefficient (Wildman–Crippen LogP) is 3.33. The first-order chi connectivity index (χ1) is 17.1. The van der Waals surface area contributed by atoms with Gasteiger partial charge in [0.25, 0.3) is 0 Å². The maximum atomic E-state index is 13.7. The molecule has 8 nitrogen and oxygen atoms in total. The largest absolute Gasteiger partial charge is 0.383 e. The fraction of sp³-hybridized carbons (Fsp3) is 0.357. The lowest BCUT2D eigenvalue weighted by Crippen LogP contribution is -2.51. The summed E-state index contributed by atoms with van der Waals surface area (Å²) in [5, 5.41) is 7.71. The second-order valence-electron chi connectivity index (χ2n) is 10.2. The minimum absolute atomic E-state index is 0.204. The molecule has 1 unspecified atom stereocenters. The molecule has 0 radical (unpaired) electrons. The van der Waals surface area contributed by atoms with Crippen LogP contribution in [-0.2, 0) is 20.9 Å². The summed E-state index contributed by atoms with van der Waals surface area (Å²) in [4.78, 5) is 45.3. The fourth-order valence-corrected chi connectivity index (χ4v) is 4.42. The molecule has 0 aliphatic carbocycles. The minimum atomic E-state index is -0.856. The Kier molecular flexibility index (Phi) is 7.24. The number of nitrogen functional groups attached to an aromatic ring is 1. The molecule has 2 heterocycles. The summed E-state index contributed by atoms with van der Waals surface area (Å²) in [7, 11) is 0. The second-order valence-corrected chi connectivity index (χ2v) is 10.2. The number of nitrogens with zero attached hydrogens (tertiary/aromatic N) is 2. The van der Waals surface area contributed by atoms with E-state index in [0.29, 0.717) is 30.9 Å². The van der Waals surface area contributed by atoms with Gasteiger partial charge >= 0.3 is 0 Å². The van der Waals surface area contributed by atoms with Gasteiger partial charge in [-0.3, -0.25) is 14.4 Å². The third-order valence-corrected chi connectivity index (χ3v) is 6.50. The number of hydrogen-bond donors (Lipinski definition) is 3. The number of pyridine rings is 1. The van der Waals surface area contributed by atoms with E-state index in [1.54, 1.807) is 31.9 Å². The molecule has 1 aromatic heterocycles. The fourth-order valence-electron chi connectivity index (χ4n) is 4.42. The first-order valence-corrected chi connectivity index (χ1v) is 12.2. The van der Waals surface area contributed by atoms with Gasteiger partial charge < -0.3 is 21.3 Å². The Bertz CT molecular complexity index is 1270. The van der Waals surface area contributed by atoms with E-state index in [4.69, 9.17) is 5.73 Å². The Labute approximate surface area is 211 Å². The molecular formula is C28H33N5O3. The number of nitrogens with two attached hydrogens (primary N) is 1. The van der Waals surface area contributed by atoms with Crippen LogP contribution in [0.1, 0.15) is 50.8 Å². The molecule has 0 saturated carbocycles. The van der Waals surface area contributed by atoms with E-state index in [1.807, 2.05) is 54.6 Å². The summed E-state index contributed by atoms with van der Waals surface area (Å²) in [6.45, 7) is 6.21. The highest BCUT2D eigenvalue weighted by Gasteiger charge is 2.39. The number of fused-ring (bicyclic) bond motifs is 1. The maximum Gasteiger partial charge on any atom is 0.250 e. The molecule has 188 valence electrons. The first-order valence-electron chi connectivity index (χ1n) is 12.2. The molecule has 1 aliphatic heterocycles. The smallest absolute Gasteiger partial charge is 0.250 e. The van der Waals surface area contributed by atoms with Gasteiger partial charge in [-0.25, -0.2) is 4.98 Å². The van der Waals surface area contributed by atoms with Crippen LogP contribution in [0.4, 0.5) is 5.82 Å². The Morgan fingerprint density at radius 3 is 2.58 bits per heavy atom. The van der Waals surface area contributed by atoms with Crippen LogP contribution in [0.15, 0.2) is 60.8 Å². The molecule has 36 heavy (non-hydrogen) atoms. The lowest BCUT2D eigenvalue weighted by atomic mass is 9.94. The summed E-state index contributed by atoms with van der Waals surface area (Å²) in [6.07, 6.45) is 2.96. The molecule has 3 aromatic rings. The monoisotopic (exact) mass is 487 g/mol. The van der Waals surface area contributed by atoms with E-state index in [0.717, 1.165) is 22.8 Å². The average molecular weight is 488 g/mol. The quantitative estimate of drug-likeness (QED) is 0.493. The molecule has 1 aliphatic rings. The number of carbonyl (C=O) groups excluding carboxylic acids is 3. The molecular weight excluding hydrogens is 454 g/mol. The molecule has 2 atom stereocenters. The van der Waals surface area contributed by atoms with Crippen LogP contribution >= 0.6 is 0 Å². The summed E-state index contributed by atoms with van der Waals surface area (Å²) in [5.74, 6) is -0.235. The number of likely N-dealkylation sites (tertiary alicyclic amines) is 1. The highest BCUT2D eigenvalue weighted by atomic mass is 16.2. The lowest BCUT2D eigenvalue weighted by molar-refractivity contribution is -0.142. The maximum absolute atomic E-state index is 13.7. The first kappa shape index (κ1) is 25.2. The Balaban J connectivity index is 1.48. The molecule has 2 aromatic carbocycles. The zero-order valence-electron chi connectivity index (χ0n) is 21.0. The van der Waals surface area contributed by atoms with Crippen LogP contribution in [0, 0.1) is 5.41 Å². The minimum Gasteiger partial charge on any atom is -0.383 e. The molecule has 0 bridgehead atoms. The third kappa shape index (κ3) is 5.48. The number of aromatic nitrogens is 1. The van der Waals surface area contributed by atoms with Crippen molar-refractivity contribution in [2.75, 3.05) is 12.3 Å². The van der Waals surface area contributed by atoms with Crippen LogP contribution in [0.3, 0.4) is 0 Å². The normalized spacial score (nSPS) is 16.5. The van der Waals surface area contributed by atoms with Crippen molar-refractivity contribution >= 4 is 34.3 Å². The predicted molar refractivity (Wildman–Crippen MR) is 140 cm³/mol. The molecule has 3 amide bonds. The van der Waals surface area contributed by atoms with Gasteiger partial charge in [-0.05, 0) is 41.5 Å². The third-order valence-electron chi connectivity index (χ3n) is 6.50. The van der Waals surface area contributed by atoms with Gasteiger partial charge in [0.1, 0.15) is 17.9 Å². The summed E-state index contributed by atoms with van der Waals surface area (Å²) in [6, 6.07) is 15.4. The Morgan fingerprint density at radius 2 is 1.86 bits per heavy atom. The van der Waals surface area contributed by atoms with E-state index in [9.17, 15) is 14.4 Å². The van der Waals surface area contributed by atoms with Gasteiger partial charge in [-0.2, -0.15) is 0 Å². The van der Waals surface area contributed by atoms with Crippen LogP contribution in [0.25, 0.3) is 10.8 Å². The van der Waals surface area contributed by atoms with Crippen LogP contribution in [-0.4, -0.2) is 40.2 Å². The van der Waals surface area contributed by atoms with Gasteiger partial charge in [-0.15, -0.1) is 0 Å². The highest BCUT2D eigenvalue weighted by molar-refractivity contribution is 5.94. The van der Waals surface area contributed by atoms with Gasteiger partial charge in [0.15, 0.2) is 0 Å². The molecule has 0 spiro atoms. The summed E-state index contributed by atoms with van der Waals surface area (Å²) in [5.41, 5.74) is 6.89. The van der Waals surface area contributed by atoms with Crippen LogP contribution < -0.4 is 16.4 Å². The average Bonchev–Trinajstić information content (AvgIpc) is 3.35. The van der Waals surface area contributed by atoms with Crippen molar-refractivity contribution in [2.24, 2.45) is 5.41 Å². The SMILES string of the molecule is CC(C)(C)C(=O)NC(C(=O)N1CCC[C@H]1C(=O)NCc1ccc2c(N)nccc2c1)c1ccccc1. The van der Waals surface area contributed by atoms with E-state index in [-0.39, 0.29) is 17.7 Å². The number of rotatable bonds is 6. The molecule has 1 saturated heterocycles. The van der Waals surface area contributed by atoms with Crippen molar-refractivity contribution < 1.29 is 14.4 Å². The topological polar surface area (TPSA) is 117 Å². The van der Waals surface area contributed by atoms with Crippen molar-refractivity contribution in [3.05, 3.63) is 71.9 Å². The molecule has 8 heteroatoms. The van der Waals surface area contributed by atoms with E-state index < -0.39 is 17.5 Å². The Hall–Kier alpha value is -3.94. The van der Waals surface area contributed by atoms with E-state index >= 15 is 0 Å². The summed E-state index contributed by atoms with van der Waals surface area (Å²) < 4.78 is 0. The van der Waals surface area contributed by atoms with Gasteiger partial charge in [-0.1, -0.05) is 63.2 Å². The number of benzene rings is 2. The highest BCUT2D eigenvalue weighted by Crippen LogP contribution is 2.26.